The normalized spacial score (nSPS) is 18.2. The molecule has 1 saturated heterocycles. The molecule has 0 spiro atoms. The minimum absolute atomic E-state index is 0.184. The van der Waals surface area contributed by atoms with Crippen molar-refractivity contribution in [3.8, 4) is 5.88 Å². The number of hydrogen-bond donors (Lipinski definition) is 1. The number of carboxylic acid groups (broad SMARTS) is 1. The van der Waals surface area contributed by atoms with Crippen molar-refractivity contribution in [2.45, 2.75) is 12.5 Å². The van der Waals surface area contributed by atoms with Crippen molar-refractivity contribution < 1.29 is 19.4 Å². The second-order valence-electron chi connectivity index (χ2n) is 5.85. The molecule has 0 atom stereocenters. The number of carbonyl (C=O) groups is 1. The van der Waals surface area contributed by atoms with Crippen molar-refractivity contribution in [2.75, 3.05) is 26.3 Å². The molecular weight excluding hydrogens is 310 g/mol. The zero-order chi connectivity index (χ0) is 16.5. The Kier molecular flexibility index (Phi) is 3.78. The number of benzene rings is 1. The van der Waals surface area contributed by atoms with E-state index in [1.165, 1.54) is 4.90 Å². The van der Waals surface area contributed by atoms with Gasteiger partial charge in [0.15, 0.2) is 0 Å². The number of amides is 1. The summed E-state index contributed by atoms with van der Waals surface area (Å²) in [6.45, 7) is 1.91. The van der Waals surface area contributed by atoms with Gasteiger partial charge in [-0.1, -0.05) is 18.2 Å². The topological polar surface area (TPSA) is 84.8 Å². The Balaban J connectivity index is 1.67. The predicted molar refractivity (Wildman–Crippen MR) is 87.0 cm³/mol. The summed E-state index contributed by atoms with van der Waals surface area (Å²) in [6.07, 6.45) is 1.65. The molecule has 24 heavy (non-hydrogen) atoms. The molecule has 0 aliphatic carbocycles. The summed E-state index contributed by atoms with van der Waals surface area (Å²) in [4.78, 5) is 21.5. The molecular formula is C17H17N3O4. The smallest absolute Gasteiger partial charge is 0.407 e. The van der Waals surface area contributed by atoms with Gasteiger partial charge in [-0.2, -0.15) is 0 Å². The van der Waals surface area contributed by atoms with Gasteiger partial charge in [0, 0.05) is 0 Å². The fourth-order valence-corrected chi connectivity index (χ4v) is 2.84. The van der Waals surface area contributed by atoms with Crippen LogP contribution in [0.15, 0.2) is 30.3 Å². The molecule has 7 nitrogen and oxygen atoms in total. The Morgan fingerprint density at radius 2 is 2.00 bits per heavy atom. The number of para-hydroxylation sites is 2. The van der Waals surface area contributed by atoms with Gasteiger partial charge in [-0.25, -0.2) is 14.8 Å². The lowest BCUT2D eigenvalue weighted by atomic mass is 10.1. The van der Waals surface area contributed by atoms with Crippen LogP contribution in [-0.4, -0.2) is 58.5 Å². The highest BCUT2D eigenvalue weighted by atomic mass is 16.5. The highest BCUT2D eigenvalue weighted by Gasteiger charge is 2.33. The Labute approximate surface area is 138 Å². The van der Waals surface area contributed by atoms with Gasteiger partial charge in [0.05, 0.1) is 37.3 Å². The van der Waals surface area contributed by atoms with E-state index >= 15 is 0 Å². The number of rotatable bonds is 3. The third-order valence-corrected chi connectivity index (χ3v) is 4.20. The minimum Gasteiger partial charge on any atom is -0.469 e. The van der Waals surface area contributed by atoms with Crippen molar-refractivity contribution in [1.82, 2.24) is 14.9 Å². The third-order valence-electron chi connectivity index (χ3n) is 4.20. The molecule has 3 heterocycles. The highest BCUT2D eigenvalue weighted by Crippen LogP contribution is 2.30. The molecule has 1 N–H and O–H groups in total. The Morgan fingerprint density at radius 3 is 2.67 bits per heavy atom. The first-order valence-electron chi connectivity index (χ1n) is 7.89. The molecule has 1 aromatic heterocycles. The van der Waals surface area contributed by atoms with Crippen LogP contribution in [0, 0.1) is 0 Å². The van der Waals surface area contributed by atoms with Crippen LogP contribution in [0.3, 0.4) is 0 Å². The Morgan fingerprint density at radius 1 is 1.25 bits per heavy atom. The van der Waals surface area contributed by atoms with Crippen LogP contribution in [-0.2, 0) is 4.74 Å². The maximum Gasteiger partial charge on any atom is 0.407 e. The Bertz CT molecular complexity index is 815. The molecule has 0 unspecified atom stereocenters. The number of fused-ring (bicyclic) bond motifs is 1. The van der Waals surface area contributed by atoms with Crippen molar-refractivity contribution in [2.24, 2.45) is 0 Å². The van der Waals surface area contributed by atoms with Gasteiger partial charge in [-0.05, 0) is 24.1 Å². The fourth-order valence-electron chi connectivity index (χ4n) is 2.84. The van der Waals surface area contributed by atoms with Gasteiger partial charge in [0.1, 0.15) is 11.8 Å². The average molecular weight is 327 g/mol. The van der Waals surface area contributed by atoms with E-state index in [0.717, 1.165) is 28.7 Å². The van der Waals surface area contributed by atoms with Crippen LogP contribution < -0.4 is 4.74 Å². The highest BCUT2D eigenvalue weighted by molar-refractivity contribution is 5.79. The van der Waals surface area contributed by atoms with E-state index in [-0.39, 0.29) is 6.10 Å². The maximum atomic E-state index is 10.9. The van der Waals surface area contributed by atoms with Crippen molar-refractivity contribution >= 4 is 22.7 Å². The zero-order valence-electron chi connectivity index (χ0n) is 13.0. The molecule has 2 aliphatic rings. The van der Waals surface area contributed by atoms with Crippen LogP contribution in [0.1, 0.15) is 12.1 Å². The summed E-state index contributed by atoms with van der Waals surface area (Å²) < 4.78 is 11.3. The quantitative estimate of drug-likeness (QED) is 0.930. The van der Waals surface area contributed by atoms with Crippen LogP contribution in [0.5, 0.6) is 5.88 Å². The summed E-state index contributed by atoms with van der Waals surface area (Å²) in [6, 6.07) is 7.65. The second kappa shape index (κ2) is 6.09. The molecule has 0 saturated carbocycles. The summed E-state index contributed by atoms with van der Waals surface area (Å²) in [7, 11) is 0. The van der Waals surface area contributed by atoms with Crippen LogP contribution >= 0.6 is 0 Å². The molecule has 2 aliphatic heterocycles. The number of nitrogens with zero attached hydrogens (tertiary/aromatic N) is 3. The first-order valence-corrected chi connectivity index (χ1v) is 7.89. The maximum absolute atomic E-state index is 10.9. The molecule has 1 aromatic carbocycles. The van der Waals surface area contributed by atoms with E-state index in [2.05, 4.69) is 4.98 Å². The first-order chi connectivity index (χ1) is 11.7. The number of aromatic nitrogens is 2. The van der Waals surface area contributed by atoms with Gasteiger partial charge in [0.25, 0.3) is 0 Å². The van der Waals surface area contributed by atoms with Crippen molar-refractivity contribution in [1.29, 1.82) is 0 Å². The zero-order valence-corrected chi connectivity index (χ0v) is 13.0. The molecule has 7 heteroatoms. The van der Waals surface area contributed by atoms with Crippen LogP contribution in [0.2, 0.25) is 0 Å². The monoisotopic (exact) mass is 327 g/mol. The SMILES string of the molecule is O=C(O)N1CC(Oc2nc3ccccc3nc2C2=CCOCC2)C1. The van der Waals surface area contributed by atoms with E-state index in [4.69, 9.17) is 19.6 Å². The number of likely N-dealkylation sites (tertiary alicyclic amines) is 1. The number of hydrogen-bond acceptors (Lipinski definition) is 5. The fraction of sp³-hybridized carbons (Fsp3) is 0.353. The minimum atomic E-state index is -0.924. The second-order valence-corrected chi connectivity index (χ2v) is 5.85. The predicted octanol–water partition coefficient (Wildman–Crippen LogP) is 2.17. The summed E-state index contributed by atoms with van der Waals surface area (Å²) in [5.74, 6) is 0.469. The molecule has 2 aromatic rings. The van der Waals surface area contributed by atoms with Crippen LogP contribution in [0.4, 0.5) is 4.79 Å². The Hall–Kier alpha value is -2.67. The lowest BCUT2D eigenvalue weighted by Gasteiger charge is -2.36. The first kappa shape index (κ1) is 14.9. The van der Waals surface area contributed by atoms with Gasteiger partial charge < -0.3 is 19.5 Å². The van der Waals surface area contributed by atoms with Gasteiger partial charge in [-0.15, -0.1) is 0 Å². The number of ether oxygens (including phenoxy) is 2. The van der Waals surface area contributed by atoms with Gasteiger partial charge >= 0.3 is 6.09 Å². The summed E-state index contributed by atoms with van der Waals surface area (Å²) in [5.41, 5.74) is 3.36. The van der Waals surface area contributed by atoms with E-state index in [9.17, 15) is 4.79 Å². The molecule has 1 amide bonds. The largest absolute Gasteiger partial charge is 0.469 e. The molecule has 4 rings (SSSR count). The van der Waals surface area contributed by atoms with E-state index in [1.807, 2.05) is 30.3 Å². The molecule has 0 bridgehead atoms. The standard InChI is InChI=1S/C17H17N3O4/c21-17(22)20-9-12(10-20)24-16-15(11-5-7-23-8-6-11)18-13-3-1-2-4-14(13)19-16/h1-5,12H,6-10H2,(H,21,22). The summed E-state index contributed by atoms with van der Waals surface area (Å²) in [5, 5.41) is 8.94. The molecule has 124 valence electrons. The lowest BCUT2D eigenvalue weighted by Crippen LogP contribution is -2.55. The van der Waals surface area contributed by atoms with E-state index < -0.39 is 6.09 Å². The van der Waals surface area contributed by atoms with Crippen molar-refractivity contribution in [3.63, 3.8) is 0 Å². The van der Waals surface area contributed by atoms with E-state index in [0.29, 0.717) is 32.2 Å². The molecule has 1 fully saturated rings. The van der Waals surface area contributed by atoms with Crippen molar-refractivity contribution in [3.05, 3.63) is 36.0 Å². The summed E-state index contributed by atoms with van der Waals surface area (Å²) >= 11 is 0. The van der Waals surface area contributed by atoms with Crippen LogP contribution in [0.25, 0.3) is 16.6 Å². The lowest BCUT2D eigenvalue weighted by molar-refractivity contribution is 0.0225. The average Bonchev–Trinajstić information content (AvgIpc) is 2.57. The van der Waals surface area contributed by atoms with Gasteiger partial charge in [-0.3, -0.25) is 0 Å². The third kappa shape index (κ3) is 2.78. The van der Waals surface area contributed by atoms with Gasteiger partial charge in [0.2, 0.25) is 5.88 Å². The van der Waals surface area contributed by atoms with E-state index in [1.54, 1.807) is 0 Å². The molecule has 0 radical (unpaired) electrons.